The van der Waals surface area contributed by atoms with Crippen LogP contribution in [0.15, 0.2) is 36.4 Å². The smallest absolute Gasteiger partial charge is 0.318 e. The van der Waals surface area contributed by atoms with Crippen LogP contribution in [0.5, 0.6) is 0 Å². The van der Waals surface area contributed by atoms with Gasteiger partial charge in [-0.1, -0.05) is 49.4 Å². The fourth-order valence-corrected chi connectivity index (χ4v) is 2.60. The van der Waals surface area contributed by atoms with E-state index in [2.05, 4.69) is 0 Å². The molecule has 1 aromatic rings. The molecule has 2 rings (SSSR count). The van der Waals surface area contributed by atoms with Crippen LogP contribution < -0.4 is 0 Å². The Bertz CT molecular complexity index is 466. The minimum atomic E-state index is -0.624. The van der Waals surface area contributed by atoms with Crippen LogP contribution in [0.1, 0.15) is 19.4 Å². The number of hydrogen-bond donors (Lipinski definition) is 0. The molecule has 3 atom stereocenters. The molecule has 0 bridgehead atoms. The van der Waals surface area contributed by atoms with Gasteiger partial charge in [-0.3, -0.25) is 4.79 Å². The van der Waals surface area contributed by atoms with Gasteiger partial charge in [-0.25, -0.2) is 0 Å². The third-order valence-corrected chi connectivity index (χ3v) is 3.81. The minimum absolute atomic E-state index is 0.0788. The third kappa shape index (κ3) is 2.43. The second kappa shape index (κ2) is 5.57. The molecule has 0 saturated heterocycles. The van der Waals surface area contributed by atoms with Gasteiger partial charge in [0.2, 0.25) is 0 Å². The molecule has 102 valence electrons. The molecule has 0 heterocycles. The molecule has 0 aliphatic heterocycles. The first-order valence-corrected chi connectivity index (χ1v) is 6.61. The quantitative estimate of drug-likeness (QED) is 0.764. The van der Waals surface area contributed by atoms with Crippen LogP contribution in [0.4, 0.5) is 0 Å². The number of esters is 1. The van der Waals surface area contributed by atoms with Crippen LogP contribution in [-0.2, 0) is 14.3 Å². The summed E-state index contributed by atoms with van der Waals surface area (Å²) in [4.78, 5) is 12.1. The summed E-state index contributed by atoms with van der Waals surface area (Å²) in [6.07, 6.45) is 3.82. The highest BCUT2D eigenvalue weighted by atomic mass is 16.5. The van der Waals surface area contributed by atoms with Gasteiger partial charge in [0.25, 0.3) is 0 Å². The predicted molar refractivity (Wildman–Crippen MR) is 74.5 cm³/mol. The molecule has 1 fully saturated rings. The Morgan fingerprint density at radius 3 is 2.63 bits per heavy atom. The lowest BCUT2D eigenvalue weighted by molar-refractivity contribution is -0.146. The summed E-state index contributed by atoms with van der Waals surface area (Å²) in [5, 5.41) is 0. The molecule has 0 amide bonds. The zero-order valence-electron chi connectivity index (χ0n) is 11.6. The second-order valence-electron chi connectivity index (χ2n) is 4.83. The normalized spacial score (nSPS) is 29.4. The number of carbonyl (C=O) groups excluding carboxylic acids is 1. The molecule has 3 nitrogen and oxygen atoms in total. The molecule has 0 aromatic heterocycles. The van der Waals surface area contributed by atoms with Crippen molar-refractivity contribution < 1.29 is 14.3 Å². The molecule has 0 radical (unpaired) electrons. The predicted octanol–water partition coefficient (Wildman–Crippen LogP) is 2.91. The zero-order valence-corrected chi connectivity index (χ0v) is 11.6. The molecule has 19 heavy (non-hydrogen) atoms. The maximum absolute atomic E-state index is 12.1. The Morgan fingerprint density at radius 1 is 1.37 bits per heavy atom. The molecule has 0 N–H and O–H groups in total. The molecule has 1 aromatic carbocycles. The summed E-state index contributed by atoms with van der Waals surface area (Å²) in [5.74, 6) is -0.0644. The van der Waals surface area contributed by atoms with Gasteiger partial charge in [-0.2, -0.15) is 0 Å². The van der Waals surface area contributed by atoms with Gasteiger partial charge in [0, 0.05) is 12.5 Å². The molecule has 0 unspecified atom stereocenters. The van der Waals surface area contributed by atoms with E-state index in [4.69, 9.17) is 9.47 Å². The van der Waals surface area contributed by atoms with Gasteiger partial charge in [0.15, 0.2) is 0 Å². The van der Waals surface area contributed by atoms with E-state index in [1.807, 2.05) is 56.3 Å². The lowest BCUT2D eigenvalue weighted by atomic mass is 10.0. The number of hydrogen-bond acceptors (Lipinski definition) is 3. The van der Waals surface area contributed by atoms with Crippen molar-refractivity contribution in [2.75, 3.05) is 13.7 Å². The lowest BCUT2D eigenvalue weighted by Crippen LogP contribution is -2.21. The Balaban J connectivity index is 2.22. The highest BCUT2D eigenvalue weighted by Crippen LogP contribution is 2.56. The summed E-state index contributed by atoms with van der Waals surface area (Å²) in [6, 6.07) is 9.92. The van der Waals surface area contributed by atoms with E-state index in [1.165, 1.54) is 7.11 Å². The van der Waals surface area contributed by atoms with E-state index >= 15 is 0 Å². The van der Waals surface area contributed by atoms with Crippen molar-refractivity contribution in [3.63, 3.8) is 0 Å². The Morgan fingerprint density at radius 2 is 2.05 bits per heavy atom. The average Bonchev–Trinajstić information content (AvgIpc) is 3.02. The molecular formula is C16H20O3. The number of methoxy groups -OCH3 is 1. The van der Waals surface area contributed by atoms with Crippen LogP contribution in [0, 0.1) is 11.3 Å². The summed E-state index contributed by atoms with van der Waals surface area (Å²) in [5.41, 5.74) is 0.445. The van der Waals surface area contributed by atoms with Gasteiger partial charge in [-0.05, 0) is 12.5 Å². The number of ether oxygens (including phenoxy) is 2. The van der Waals surface area contributed by atoms with Gasteiger partial charge in [-0.15, -0.1) is 0 Å². The van der Waals surface area contributed by atoms with Crippen molar-refractivity contribution >= 4 is 12.0 Å². The van der Waals surface area contributed by atoms with Crippen molar-refractivity contribution in [2.45, 2.75) is 20.0 Å². The zero-order chi connectivity index (χ0) is 13.9. The van der Waals surface area contributed by atoms with Crippen LogP contribution >= 0.6 is 0 Å². The van der Waals surface area contributed by atoms with Gasteiger partial charge >= 0.3 is 5.97 Å². The first-order valence-electron chi connectivity index (χ1n) is 6.61. The van der Waals surface area contributed by atoms with Crippen molar-refractivity contribution in [3.05, 3.63) is 42.0 Å². The number of rotatable bonds is 5. The molecular weight excluding hydrogens is 240 g/mol. The topological polar surface area (TPSA) is 35.5 Å². The van der Waals surface area contributed by atoms with Crippen LogP contribution in [0.25, 0.3) is 6.08 Å². The SMILES string of the molecule is CCO[C@H]1[C@@H](C)[C@]1(/C=C/c1ccccc1)C(=O)OC. The summed E-state index contributed by atoms with van der Waals surface area (Å²) in [6.45, 7) is 4.56. The van der Waals surface area contributed by atoms with E-state index < -0.39 is 5.41 Å². The Labute approximate surface area is 114 Å². The van der Waals surface area contributed by atoms with E-state index in [-0.39, 0.29) is 18.0 Å². The van der Waals surface area contributed by atoms with E-state index in [0.29, 0.717) is 6.61 Å². The van der Waals surface area contributed by atoms with Crippen molar-refractivity contribution in [3.8, 4) is 0 Å². The molecule has 1 aliphatic rings. The second-order valence-corrected chi connectivity index (χ2v) is 4.83. The first kappa shape index (κ1) is 13.8. The maximum atomic E-state index is 12.1. The van der Waals surface area contributed by atoms with Gasteiger partial charge in [0.1, 0.15) is 5.41 Å². The monoisotopic (exact) mass is 260 g/mol. The van der Waals surface area contributed by atoms with Gasteiger partial charge in [0.05, 0.1) is 13.2 Å². The lowest BCUT2D eigenvalue weighted by Gasteiger charge is -2.10. The minimum Gasteiger partial charge on any atom is -0.468 e. The highest BCUT2D eigenvalue weighted by molar-refractivity contribution is 5.86. The summed E-state index contributed by atoms with van der Waals surface area (Å²) >= 11 is 0. The molecule has 0 spiro atoms. The van der Waals surface area contributed by atoms with E-state index in [1.54, 1.807) is 0 Å². The van der Waals surface area contributed by atoms with E-state index in [9.17, 15) is 4.79 Å². The molecule has 1 saturated carbocycles. The van der Waals surface area contributed by atoms with Crippen LogP contribution in [0.3, 0.4) is 0 Å². The maximum Gasteiger partial charge on any atom is 0.318 e. The van der Waals surface area contributed by atoms with Crippen LogP contribution in [-0.4, -0.2) is 25.8 Å². The van der Waals surface area contributed by atoms with Crippen LogP contribution in [0.2, 0.25) is 0 Å². The van der Waals surface area contributed by atoms with Crippen molar-refractivity contribution in [1.29, 1.82) is 0 Å². The third-order valence-electron chi connectivity index (χ3n) is 3.81. The summed E-state index contributed by atoms with van der Waals surface area (Å²) < 4.78 is 10.6. The Hall–Kier alpha value is -1.61. The van der Waals surface area contributed by atoms with E-state index in [0.717, 1.165) is 5.56 Å². The highest BCUT2D eigenvalue weighted by Gasteiger charge is 2.67. The molecule has 1 aliphatic carbocycles. The standard InChI is InChI=1S/C16H20O3/c1-4-19-14-12(2)16(14,15(17)18-3)11-10-13-8-6-5-7-9-13/h5-12,14H,4H2,1-3H3/b11-10+/t12-,14+,16+/m1/s1. The van der Waals surface area contributed by atoms with Crippen molar-refractivity contribution in [1.82, 2.24) is 0 Å². The fraction of sp³-hybridized carbons (Fsp3) is 0.438. The summed E-state index contributed by atoms with van der Waals surface area (Å²) in [7, 11) is 1.43. The largest absolute Gasteiger partial charge is 0.468 e. The average molecular weight is 260 g/mol. The van der Waals surface area contributed by atoms with Crippen molar-refractivity contribution in [2.24, 2.45) is 11.3 Å². The Kier molecular flexibility index (Phi) is 4.05. The number of benzene rings is 1. The first-order chi connectivity index (χ1) is 9.16. The molecule has 3 heteroatoms. The number of carbonyl (C=O) groups is 1. The fourth-order valence-electron chi connectivity index (χ4n) is 2.60. The van der Waals surface area contributed by atoms with Gasteiger partial charge < -0.3 is 9.47 Å².